The Labute approximate surface area is 144 Å². The van der Waals surface area contributed by atoms with Crippen molar-refractivity contribution in [1.29, 1.82) is 0 Å². The molecular weight excluding hydrogens is 388 g/mol. The molecule has 22 heavy (non-hydrogen) atoms. The van der Waals surface area contributed by atoms with E-state index in [4.69, 9.17) is 16.0 Å². The number of amides is 1. The number of amidine groups is 1. The van der Waals surface area contributed by atoms with Gasteiger partial charge in [-0.1, -0.05) is 11.6 Å². The highest BCUT2D eigenvalue weighted by Crippen LogP contribution is 2.30. The van der Waals surface area contributed by atoms with Crippen LogP contribution in [0.4, 0.5) is 5.69 Å². The molecule has 1 fully saturated rings. The minimum atomic E-state index is -0.192. The smallest absolute Gasteiger partial charge is 0.264 e. The molecular formula is C15H10BrClN2O2S. The second-order valence-corrected chi connectivity index (χ2v) is 6.80. The molecule has 0 aliphatic carbocycles. The minimum Gasteiger partial charge on any atom is -0.450 e. The summed E-state index contributed by atoms with van der Waals surface area (Å²) in [6.07, 6.45) is 1.68. The van der Waals surface area contributed by atoms with Gasteiger partial charge in [-0.05, 0) is 70.5 Å². The van der Waals surface area contributed by atoms with Gasteiger partial charge in [0.05, 0.1) is 10.6 Å². The van der Waals surface area contributed by atoms with Crippen molar-refractivity contribution in [3.05, 3.63) is 56.3 Å². The molecule has 0 atom stereocenters. The summed E-state index contributed by atoms with van der Waals surface area (Å²) in [5.74, 6) is 0.413. The van der Waals surface area contributed by atoms with E-state index in [1.165, 1.54) is 11.8 Å². The molecule has 0 radical (unpaired) electrons. The SMILES string of the molecule is Cc1cc(Cl)ccc1N=C1NC(=O)/C(=C/c2ccc(Br)o2)S1. The van der Waals surface area contributed by atoms with Crippen LogP contribution in [-0.4, -0.2) is 11.1 Å². The van der Waals surface area contributed by atoms with Gasteiger partial charge >= 0.3 is 0 Å². The molecule has 1 aromatic carbocycles. The van der Waals surface area contributed by atoms with Crippen LogP contribution in [-0.2, 0) is 4.79 Å². The number of aryl methyl sites for hydroxylation is 1. The third-order valence-corrected chi connectivity index (χ3v) is 4.47. The molecule has 0 saturated carbocycles. The molecule has 4 nitrogen and oxygen atoms in total. The van der Waals surface area contributed by atoms with Crippen LogP contribution >= 0.6 is 39.3 Å². The Morgan fingerprint density at radius 2 is 2.18 bits per heavy atom. The van der Waals surface area contributed by atoms with Crippen molar-refractivity contribution < 1.29 is 9.21 Å². The number of hydrogen-bond donors (Lipinski definition) is 1. The molecule has 7 heteroatoms. The Morgan fingerprint density at radius 1 is 1.36 bits per heavy atom. The summed E-state index contributed by atoms with van der Waals surface area (Å²) in [5.41, 5.74) is 1.72. The van der Waals surface area contributed by atoms with Gasteiger partial charge in [0.15, 0.2) is 9.84 Å². The van der Waals surface area contributed by atoms with Crippen LogP contribution in [0.25, 0.3) is 6.08 Å². The number of benzene rings is 1. The predicted octanol–water partition coefficient (Wildman–Crippen LogP) is 4.90. The van der Waals surface area contributed by atoms with Crippen LogP contribution in [0.15, 0.2) is 49.3 Å². The summed E-state index contributed by atoms with van der Waals surface area (Å²) in [6.45, 7) is 1.92. The first-order valence-corrected chi connectivity index (χ1v) is 8.31. The Kier molecular flexibility index (Phi) is 4.42. The van der Waals surface area contributed by atoms with Crippen molar-refractivity contribution in [1.82, 2.24) is 5.32 Å². The predicted molar refractivity (Wildman–Crippen MR) is 93.4 cm³/mol. The first-order chi connectivity index (χ1) is 10.5. The fourth-order valence-corrected chi connectivity index (χ4v) is 3.23. The van der Waals surface area contributed by atoms with Crippen LogP contribution in [0.3, 0.4) is 0 Å². The van der Waals surface area contributed by atoms with Crippen LogP contribution in [0.5, 0.6) is 0 Å². The minimum absolute atomic E-state index is 0.192. The summed E-state index contributed by atoms with van der Waals surface area (Å²) in [7, 11) is 0. The van der Waals surface area contributed by atoms with E-state index in [-0.39, 0.29) is 5.91 Å². The highest BCUT2D eigenvalue weighted by molar-refractivity contribution is 9.10. The van der Waals surface area contributed by atoms with Crippen molar-refractivity contribution in [2.45, 2.75) is 6.92 Å². The van der Waals surface area contributed by atoms with Crippen LogP contribution in [0, 0.1) is 6.92 Å². The number of carbonyl (C=O) groups excluding carboxylic acids is 1. The van der Waals surface area contributed by atoms with Gasteiger partial charge in [-0.3, -0.25) is 4.79 Å². The molecule has 1 aliphatic rings. The number of rotatable bonds is 2. The number of carbonyl (C=O) groups is 1. The third kappa shape index (κ3) is 3.45. The summed E-state index contributed by atoms with van der Waals surface area (Å²) in [5, 5.41) is 3.94. The summed E-state index contributed by atoms with van der Waals surface area (Å²) in [4.78, 5) is 17.0. The summed E-state index contributed by atoms with van der Waals surface area (Å²) < 4.78 is 5.99. The molecule has 0 unspecified atom stereocenters. The summed E-state index contributed by atoms with van der Waals surface area (Å²) >= 11 is 10.4. The van der Waals surface area contributed by atoms with Gasteiger partial charge in [0, 0.05) is 11.1 Å². The molecule has 1 saturated heterocycles. The fourth-order valence-electron chi connectivity index (χ4n) is 1.87. The third-order valence-electron chi connectivity index (χ3n) is 2.90. The second-order valence-electron chi connectivity index (χ2n) is 4.55. The highest BCUT2D eigenvalue weighted by atomic mass is 79.9. The van der Waals surface area contributed by atoms with Gasteiger partial charge in [0.1, 0.15) is 5.76 Å². The van der Waals surface area contributed by atoms with Crippen molar-refractivity contribution in [3.8, 4) is 0 Å². The van der Waals surface area contributed by atoms with Gasteiger partial charge in [-0.25, -0.2) is 4.99 Å². The zero-order valence-corrected chi connectivity index (χ0v) is 14.6. The fraction of sp³-hybridized carbons (Fsp3) is 0.0667. The molecule has 3 rings (SSSR count). The molecule has 2 heterocycles. The maximum Gasteiger partial charge on any atom is 0.264 e. The van der Waals surface area contributed by atoms with E-state index in [2.05, 4.69) is 26.2 Å². The van der Waals surface area contributed by atoms with E-state index in [9.17, 15) is 4.79 Å². The number of halogens is 2. The van der Waals surface area contributed by atoms with Gasteiger partial charge in [0.25, 0.3) is 5.91 Å². The highest BCUT2D eigenvalue weighted by Gasteiger charge is 2.24. The lowest BCUT2D eigenvalue weighted by atomic mass is 10.2. The first kappa shape index (κ1) is 15.4. The van der Waals surface area contributed by atoms with Gasteiger partial charge in [0.2, 0.25) is 0 Å². The maximum absolute atomic E-state index is 12.0. The maximum atomic E-state index is 12.0. The molecule has 112 valence electrons. The standard InChI is InChI=1S/C15H10BrClN2O2S/c1-8-6-9(17)2-4-11(8)18-15-19-14(20)12(22-15)7-10-3-5-13(16)21-10/h2-7H,1H3,(H,18,19,20)/b12-7-. The normalized spacial score (nSPS) is 18.2. The van der Waals surface area contributed by atoms with Gasteiger partial charge in [-0.15, -0.1) is 0 Å². The van der Waals surface area contributed by atoms with E-state index in [1.807, 2.05) is 19.1 Å². The van der Waals surface area contributed by atoms with Gasteiger partial charge in [-0.2, -0.15) is 0 Å². The molecule has 0 bridgehead atoms. The number of nitrogens with zero attached hydrogens (tertiary/aromatic N) is 1. The zero-order chi connectivity index (χ0) is 15.7. The lowest BCUT2D eigenvalue weighted by Gasteiger charge is -2.01. The average molecular weight is 398 g/mol. The van der Waals surface area contributed by atoms with Crippen molar-refractivity contribution in [2.24, 2.45) is 4.99 Å². The van der Waals surface area contributed by atoms with E-state index in [0.29, 0.717) is 25.5 Å². The van der Waals surface area contributed by atoms with E-state index < -0.39 is 0 Å². The quantitative estimate of drug-likeness (QED) is 0.734. The number of thioether (sulfide) groups is 1. The number of nitrogens with one attached hydrogen (secondary N) is 1. The molecule has 1 N–H and O–H groups in total. The van der Waals surface area contributed by atoms with Crippen LogP contribution in [0.2, 0.25) is 5.02 Å². The van der Waals surface area contributed by atoms with E-state index in [1.54, 1.807) is 24.3 Å². The Balaban J connectivity index is 1.85. The van der Waals surface area contributed by atoms with Crippen LogP contribution in [0.1, 0.15) is 11.3 Å². The first-order valence-electron chi connectivity index (χ1n) is 6.32. The Bertz CT molecular complexity index is 814. The lowest BCUT2D eigenvalue weighted by Crippen LogP contribution is -2.19. The van der Waals surface area contributed by atoms with Crippen molar-refractivity contribution >= 4 is 62.1 Å². The second kappa shape index (κ2) is 6.32. The van der Waals surface area contributed by atoms with Gasteiger partial charge < -0.3 is 9.73 Å². The van der Waals surface area contributed by atoms with E-state index in [0.717, 1.165) is 11.3 Å². The summed E-state index contributed by atoms with van der Waals surface area (Å²) in [6, 6.07) is 8.98. The molecule has 1 amide bonds. The number of furan rings is 1. The molecule has 1 aromatic heterocycles. The van der Waals surface area contributed by atoms with Crippen molar-refractivity contribution in [2.75, 3.05) is 0 Å². The number of hydrogen-bond acceptors (Lipinski definition) is 4. The zero-order valence-electron chi connectivity index (χ0n) is 11.4. The lowest BCUT2D eigenvalue weighted by molar-refractivity contribution is -0.115. The van der Waals surface area contributed by atoms with Crippen molar-refractivity contribution in [3.63, 3.8) is 0 Å². The monoisotopic (exact) mass is 396 g/mol. The average Bonchev–Trinajstić information content (AvgIpc) is 3.00. The molecule has 1 aliphatic heterocycles. The largest absolute Gasteiger partial charge is 0.450 e. The van der Waals surface area contributed by atoms with Crippen LogP contribution < -0.4 is 5.32 Å². The number of aliphatic imine (C=N–C) groups is 1. The Morgan fingerprint density at radius 3 is 2.86 bits per heavy atom. The Hall–Kier alpha value is -1.50. The molecule has 2 aromatic rings. The molecule has 0 spiro atoms. The van der Waals surface area contributed by atoms with E-state index >= 15 is 0 Å². The topological polar surface area (TPSA) is 54.6 Å².